The number of aryl methyl sites for hydroxylation is 1. The summed E-state index contributed by atoms with van der Waals surface area (Å²) in [6, 6.07) is 23.2. The van der Waals surface area contributed by atoms with Gasteiger partial charge in [-0.1, -0.05) is 58.0 Å². The van der Waals surface area contributed by atoms with Crippen LogP contribution < -0.4 is 19.7 Å². The van der Waals surface area contributed by atoms with Gasteiger partial charge in [0.2, 0.25) is 0 Å². The lowest BCUT2D eigenvalue weighted by molar-refractivity contribution is 0.301. The fourth-order valence-corrected chi connectivity index (χ4v) is 5.10. The minimum atomic E-state index is 0.368. The summed E-state index contributed by atoms with van der Waals surface area (Å²) in [7, 11) is 6.60. The molecule has 0 spiro atoms. The fourth-order valence-electron chi connectivity index (χ4n) is 3.51. The molecule has 3 aromatic rings. The summed E-state index contributed by atoms with van der Waals surface area (Å²) in [6.07, 6.45) is 1.04. The van der Waals surface area contributed by atoms with E-state index in [4.69, 9.17) is 9.47 Å². The van der Waals surface area contributed by atoms with Crippen molar-refractivity contribution in [3.63, 3.8) is 0 Å². The molecule has 0 bridgehead atoms. The predicted molar refractivity (Wildman–Crippen MR) is 130 cm³/mol. The standard InChI is InChI=1S/C26H32NO2P/c1-6-25(30-26-15-12-19(2)16-23(26)27(3)4)22-17-21(28-5)13-14-24(22)29-18-20-10-8-7-9-11-20/h7-17,25,30H,6,18H2,1-5H3. The van der Waals surface area contributed by atoms with Crippen LogP contribution in [0.4, 0.5) is 5.69 Å². The molecule has 2 atom stereocenters. The summed E-state index contributed by atoms with van der Waals surface area (Å²) in [6.45, 7) is 4.96. The van der Waals surface area contributed by atoms with Crippen LogP contribution in [0.3, 0.4) is 0 Å². The van der Waals surface area contributed by atoms with Gasteiger partial charge in [0.25, 0.3) is 0 Å². The zero-order valence-electron chi connectivity index (χ0n) is 18.6. The largest absolute Gasteiger partial charge is 0.497 e. The second-order valence-corrected chi connectivity index (χ2v) is 9.22. The van der Waals surface area contributed by atoms with Gasteiger partial charge in [-0.15, -0.1) is 0 Å². The van der Waals surface area contributed by atoms with Gasteiger partial charge in [-0.3, -0.25) is 0 Å². The Morgan fingerprint density at radius 1 is 0.967 bits per heavy atom. The second-order valence-electron chi connectivity index (χ2n) is 7.70. The van der Waals surface area contributed by atoms with Crippen molar-refractivity contribution < 1.29 is 9.47 Å². The van der Waals surface area contributed by atoms with Gasteiger partial charge < -0.3 is 14.4 Å². The van der Waals surface area contributed by atoms with Gasteiger partial charge in [-0.2, -0.15) is 0 Å². The van der Waals surface area contributed by atoms with Crippen molar-refractivity contribution in [3.05, 3.63) is 83.4 Å². The average molecular weight is 422 g/mol. The first-order chi connectivity index (χ1) is 14.5. The molecule has 0 aliphatic carbocycles. The van der Waals surface area contributed by atoms with Crippen molar-refractivity contribution in [2.45, 2.75) is 32.5 Å². The number of benzene rings is 3. The van der Waals surface area contributed by atoms with E-state index in [2.05, 4.69) is 69.2 Å². The highest BCUT2D eigenvalue weighted by Gasteiger charge is 2.19. The van der Waals surface area contributed by atoms with Crippen LogP contribution in [0.5, 0.6) is 11.5 Å². The smallest absolute Gasteiger partial charge is 0.123 e. The molecule has 0 aliphatic heterocycles. The lowest BCUT2D eigenvalue weighted by Crippen LogP contribution is -2.17. The summed E-state index contributed by atoms with van der Waals surface area (Å²) in [5, 5.41) is 1.38. The monoisotopic (exact) mass is 421 g/mol. The van der Waals surface area contributed by atoms with Crippen LogP contribution in [0.2, 0.25) is 0 Å². The summed E-state index contributed by atoms with van der Waals surface area (Å²) >= 11 is 0. The molecule has 158 valence electrons. The fraction of sp³-hybridized carbons (Fsp3) is 0.308. The van der Waals surface area contributed by atoms with Crippen molar-refractivity contribution in [3.8, 4) is 11.5 Å². The molecule has 0 radical (unpaired) electrons. The van der Waals surface area contributed by atoms with Gasteiger partial charge in [0, 0.05) is 31.0 Å². The molecule has 0 saturated heterocycles. The Morgan fingerprint density at radius 2 is 1.73 bits per heavy atom. The molecule has 0 saturated carbocycles. The van der Waals surface area contributed by atoms with Crippen LogP contribution in [0, 0.1) is 6.92 Å². The van der Waals surface area contributed by atoms with E-state index in [9.17, 15) is 0 Å². The van der Waals surface area contributed by atoms with Gasteiger partial charge >= 0.3 is 0 Å². The topological polar surface area (TPSA) is 21.7 Å². The molecule has 3 rings (SSSR count). The van der Waals surface area contributed by atoms with Gasteiger partial charge in [0.1, 0.15) is 18.1 Å². The van der Waals surface area contributed by atoms with E-state index in [1.165, 1.54) is 27.7 Å². The molecule has 0 N–H and O–H groups in total. The first kappa shape index (κ1) is 22.2. The van der Waals surface area contributed by atoms with Crippen LogP contribution in [0.25, 0.3) is 0 Å². The van der Waals surface area contributed by atoms with E-state index in [0.29, 0.717) is 20.8 Å². The first-order valence-corrected chi connectivity index (χ1v) is 11.5. The minimum absolute atomic E-state index is 0.368. The zero-order chi connectivity index (χ0) is 21.5. The molecule has 0 heterocycles. The summed E-state index contributed by atoms with van der Waals surface area (Å²) < 4.78 is 11.8. The van der Waals surface area contributed by atoms with Crippen LogP contribution in [-0.4, -0.2) is 21.2 Å². The first-order valence-electron chi connectivity index (χ1n) is 10.4. The van der Waals surface area contributed by atoms with Gasteiger partial charge in [0.05, 0.1) is 7.11 Å². The highest BCUT2D eigenvalue weighted by Crippen LogP contribution is 2.44. The lowest BCUT2D eigenvalue weighted by atomic mass is 10.1. The molecule has 4 heteroatoms. The van der Waals surface area contributed by atoms with Crippen molar-refractivity contribution >= 4 is 19.6 Å². The summed E-state index contributed by atoms with van der Waals surface area (Å²) in [5.41, 5.74) is 5.34. The highest BCUT2D eigenvalue weighted by atomic mass is 31.1. The molecule has 30 heavy (non-hydrogen) atoms. The Morgan fingerprint density at radius 3 is 2.40 bits per heavy atom. The molecule has 0 aromatic heterocycles. The summed E-state index contributed by atoms with van der Waals surface area (Å²) in [4.78, 5) is 2.21. The van der Waals surface area contributed by atoms with E-state index in [1.54, 1.807) is 7.11 Å². The normalized spacial score (nSPS) is 12.2. The van der Waals surface area contributed by atoms with Crippen molar-refractivity contribution in [1.29, 1.82) is 0 Å². The minimum Gasteiger partial charge on any atom is -0.497 e. The molecule has 2 unspecified atom stereocenters. The molecule has 3 aromatic carbocycles. The van der Waals surface area contributed by atoms with Gasteiger partial charge in [-0.05, 0) is 54.0 Å². The number of methoxy groups -OCH3 is 1. The van der Waals surface area contributed by atoms with E-state index in [0.717, 1.165) is 17.9 Å². The third kappa shape index (κ3) is 5.55. The van der Waals surface area contributed by atoms with Crippen LogP contribution in [-0.2, 0) is 6.61 Å². The van der Waals surface area contributed by atoms with E-state index >= 15 is 0 Å². The second kappa shape index (κ2) is 10.5. The number of hydrogen-bond donors (Lipinski definition) is 0. The molecule has 3 nitrogen and oxygen atoms in total. The van der Waals surface area contributed by atoms with Crippen molar-refractivity contribution in [2.24, 2.45) is 0 Å². The van der Waals surface area contributed by atoms with Gasteiger partial charge in [-0.25, -0.2) is 0 Å². The number of nitrogens with zero attached hydrogens (tertiary/aromatic N) is 1. The third-order valence-corrected chi connectivity index (χ3v) is 7.00. The van der Waals surface area contributed by atoms with Crippen molar-refractivity contribution in [2.75, 3.05) is 26.1 Å². The molecule has 0 fully saturated rings. The average Bonchev–Trinajstić information content (AvgIpc) is 2.77. The zero-order valence-corrected chi connectivity index (χ0v) is 19.6. The maximum Gasteiger partial charge on any atom is 0.123 e. The number of hydrogen-bond acceptors (Lipinski definition) is 3. The maximum atomic E-state index is 6.28. The highest BCUT2D eigenvalue weighted by molar-refractivity contribution is 7.48. The summed E-state index contributed by atoms with van der Waals surface area (Å²) in [5.74, 6) is 1.81. The number of anilines is 1. The Balaban J connectivity index is 1.91. The maximum absolute atomic E-state index is 6.28. The van der Waals surface area contributed by atoms with E-state index in [1.807, 2.05) is 30.3 Å². The quantitative estimate of drug-likeness (QED) is 0.390. The number of rotatable bonds is 9. The van der Waals surface area contributed by atoms with E-state index in [-0.39, 0.29) is 0 Å². The predicted octanol–water partition coefficient (Wildman–Crippen LogP) is 6.10. The lowest BCUT2D eigenvalue weighted by Gasteiger charge is -2.24. The van der Waals surface area contributed by atoms with Gasteiger partial charge in [0.15, 0.2) is 0 Å². The van der Waals surface area contributed by atoms with Crippen LogP contribution >= 0.6 is 8.58 Å². The Kier molecular flexibility index (Phi) is 7.76. The Bertz CT molecular complexity index is 957. The molecule has 0 amide bonds. The Labute approximate surface area is 182 Å². The molecule has 0 aliphatic rings. The number of ether oxygens (including phenoxy) is 2. The third-order valence-electron chi connectivity index (χ3n) is 5.20. The van der Waals surface area contributed by atoms with Crippen LogP contribution in [0.15, 0.2) is 66.7 Å². The van der Waals surface area contributed by atoms with Crippen molar-refractivity contribution in [1.82, 2.24) is 0 Å². The van der Waals surface area contributed by atoms with E-state index < -0.39 is 0 Å². The molecular formula is C26H32NO2P. The molecular weight excluding hydrogens is 389 g/mol. The van der Waals surface area contributed by atoms with Crippen LogP contribution in [0.1, 0.15) is 35.7 Å². The SMILES string of the molecule is CCC(Pc1ccc(C)cc1N(C)C)c1cc(OC)ccc1OCc1ccccc1. The Hall–Kier alpha value is -2.51.